The van der Waals surface area contributed by atoms with Crippen LogP contribution >= 0.6 is 11.8 Å². The molecule has 1 fully saturated rings. The third kappa shape index (κ3) is 3.09. The molecule has 6 nitrogen and oxygen atoms in total. The molecule has 0 saturated carbocycles. The number of carbonyl (C=O) groups excluding carboxylic acids is 1. The van der Waals surface area contributed by atoms with Crippen LogP contribution in [0.2, 0.25) is 0 Å². The summed E-state index contributed by atoms with van der Waals surface area (Å²) in [5, 5.41) is 3.33. The number of amidine groups is 1. The largest absolute Gasteiger partial charge is 0.497 e. The molecule has 1 N–H and O–H groups in total. The number of benzene rings is 2. The van der Waals surface area contributed by atoms with Crippen LogP contribution in [-0.4, -0.2) is 27.7 Å². The summed E-state index contributed by atoms with van der Waals surface area (Å²) in [4.78, 5) is 21.9. The maximum atomic E-state index is 12.3. The molecule has 0 aliphatic carbocycles. The van der Waals surface area contributed by atoms with Crippen molar-refractivity contribution in [1.29, 1.82) is 0 Å². The zero-order valence-electron chi connectivity index (χ0n) is 14.3. The number of nitrogens with zero attached hydrogens (tertiary/aromatic N) is 3. The van der Waals surface area contributed by atoms with E-state index >= 15 is 0 Å². The van der Waals surface area contributed by atoms with Gasteiger partial charge in [0.25, 0.3) is 5.91 Å². The SMILES string of the molecule is COc1cccc(N=C2NC(=O)C(=Cc3nc4ccccc4n3C)S2)c1. The van der Waals surface area contributed by atoms with E-state index in [1.807, 2.05) is 60.1 Å². The molecule has 2 aromatic carbocycles. The number of amides is 1. The molecule has 7 heteroatoms. The number of carbonyl (C=O) groups is 1. The Bertz CT molecular complexity index is 1070. The number of nitrogens with one attached hydrogen (secondary N) is 1. The van der Waals surface area contributed by atoms with Gasteiger partial charge in [-0.1, -0.05) is 18.2 Å². The fourth-order valence-electron chi connectivity index (χ4n) is 2.69. The Morgan fingerprint density at radius 3 is 2.88 bits per heavy atom. The molecule has 4 rings (SSSR count). The quantitative estimate of drug-likeness (QED) is 0.723. The Labute approximate surface area is 154 Å². The molecule has 0 atom stereocenters. The summed E-state index contributed by atoms with van der Waals surface area (Å²) in [7, 11) is 3.54. The van der Waals surface area contributed by atoms with Crippen molar-refractivity contribution in [2.24, 2.45) is 12.0 Å². The first-order chi connectivity index (χ1) is 12.6. The molecule has 0 unspecified atom stereocenters. The van der Waals surface area contributed by atoms with Crippen LogP contribution < -0.4 is 10.1 Å². The Kier molecular flexibility index (Phi) is 4.22. The minimum atomic E-state index is -0.177. The number of thioether (sulfide) groups is 1. The van der Waals surface area contributed by atoms with Crippen LogP contribution in [0, 0.1) is 0 Å². The van der Waals surface area contributed by atoms with Gasteiger partial charge in [0.05, 0.1) is 28.7 Å². The first-order valence-corrected chi connectivity index (χ1v) is 8.81. The van der Waals surface area contributed by atoms with Crippen LogP contribution in [0.25, 0.3) is 17.1 Å². The lowest BCUT2D eigenvalue weighted by Gasteiger charge is -2.00. The molecule has 130 valence electrons. The lowest BCUT2D eigenvalue weighted by molar-refractivity contribution is -0.115. The summed E-state index contributed by atoms with van der Waals surface area (Å²) in [6.45, 7) is 0. The molecule has 2 heterocycles. The lowest BCUT2D eigenvalue weighted by atomic mass is 10.3. The lowest BCUT2D eigenvalue weighted by Crippen LogP contribution is -2.19. The van der Waals surface area contributed by atoms with Crippen molar-refractivity contribution in [2.75, 3.05) is 7.11 Å². The zero-order chi connectivity index (χ0) is 18.1. The van der Waals surface area contributed by atoms with Crippen LogP contribution in [-0.2, 0) is 11.8 Å². The normalized spacial score (nSPS) is 17.2. The molecule has 1 aliphatic heterocycles. The fraction of sp³-hybridized carbons (Fsp3) is 0.105. The maximum Gasteiger partial charge on any atom is 0.264 e. The van der Waals surface area contributed by atoms with Gasteiger partial charge in [0.2, 0.25) is 0 Å². The van der Waals surface area contributed by atoms with E-state index in [1.165, 1.54) is 11.8 Å². The molecule has 1 aromatic heterocycles. The molecule has 0 radical (unpaired) electrons. The van der Waals surface area contributed by atoms with E-state index in [9.17, 15) is 4.79 Å². The smallest absolute Gasteiger partial charge is 0.264 e. The Morgan fingerprint density at radius 1 is 1.23 bits per heavy atom. The van der Waals surface area contributed by atoms with Crippen LogP contribution in [0.3, 0.4) is 0 Å². The van der Waals surface area contributed by atoms with Gasteiger partial charge in [-0.25, -0.2) is 9.98 Å². The highest BCUT2D eigenvalue weighted by atomic mass is 32.2. The number of aromatic nitrogens is 2. The molecule has 3 aromatic rings. The topological polar surface area (TPSA) is 68.5 Å². The number of imidazole rings is 1. The number of fused-ring (bicyclic) bond motifs is 1. The molecule has 1 saturated heterocycles. The number of aryl methyl sites for hydroxylation is 1. The third-order valence-corrected chi connectivity index (χ3v) is 4.93. The average Bonchev–Trinajstić information content (AvgIpc) is 3.15. The monoisotopic (exact) mass is 364 g/mol. The average molecular weight is 364 g/mol. The second-order valence-electron chi connectivity index (χ2n) is 5.70. The van der Waals surface area contributed by atoms with Gasteiger partial charge < -0.3 is 14.6 Å². The van der Waals surface area contributed by atoms with E-state index in [0.717, 1.165) is 28.3 Å². The number of rotatable bonds is 3. The molecule has 26 heavy (non-hydrogen) atoms. The highest BCUT2D eigenvalue weighted by Crippen LogP contribution is 2.29. The number of hydrogen-bond donors (Lipinski definition) is 1. The maximum absolute atomic E-state index is 12.3. The van der Waals surface area contributed by atoms with Gasteiger partial charge in [0, 0.05) is 19.2 Å². The summed E-state index contributed by atoms with van der Waals surface area (Å²) in [6, 6.07) is 15.2. The van der Waals surface area contributed by atoms with Gasteiger partial charge in [-0.2, -0.15) is 0 Å². The third-order valence-electron chi connectivity index (χ3n) is 4.02. The molecular weight excluding hydrogens is 348 g/mol. The molecule has 0 spiro atoms. The Balaban J connectivity index is 1.63. The van der Waals surface area contributed by atoms with E-state index in [0.29, 0.717) is 10.1 Å². The van der Waals surface area contributed by atoms with Gasteiger partial charge in [0.1, 0.15) is 11.6 Å². The summed E-state index contributed by atoms with van der Waals surface area (Å²) >= 11 is 1.30. The molecule has 1 amide bonds. The van der Waals surface area contributed by atoms with Crippen molar-refractivity contribution >= 4 is 45.6 Å². The molecule has 0 bridgehead atoms. The van der Waals surface area contributed by atoms with Crippen molar-refractivity contribution in [2.45, 2.75) is 0 Å². The van der Waals surface area contributed by atoms with E-state index in [4.69, 9.17) is 4.74 Å². The van der Waals surface area contributed by atoms with E-state index in [-0.39, 0.29) is 5.91 Å². The van der Waals surface area contributed by atoms with Crippen molar-refractivity contribution in [3.05, 3.63) is 59.3 Å². The number of ether oxygens (including phenoxy) is 1. The minimum absolute atomic E-state index is 0.177. The number of methoxy groups -OCH3 is 1. The summed E-state index contributed by atoms with van der Waals surface area (Å²) in [5.41, 5.74) is 2.64. The highest BCUT2D eigenvalue weighted by molar-refractivity contribution is 8.18. The zero-order valence-corrected chi connectivity index (χ0v) is 15.1. The van der Waals surface area contributed by atoms with Gasteiger partial charge >= 0.3 is 0 Å². The standard InChI is InChI=1S/C19H16N4O2S/c1-23-15-9-4-3-8-14(15)21-17(23)11-16-18(24)22-19(26-16)20-12-6-5-7-13(10-12)25-2/h3-11H,1-2H3,(H,20,22,24). The van der Waals surface area contributed by atoms with Crippen molar-refractivity contribution < 1.29 is 9.53 Å². The Morgan fingerprint density at radius 2 is 2.08 bits per heavy atom. The Hall–Kier alpha value is -3.06. The van der Waals surface area contributed by atoms with Crippen LogP contribution in [0.5, 0.6) is 5.75 Å². The van der Waals surface area contributed by atoms with Crippen LogP contribution in [0.4, 0.5) is 5.69 Å². The van der Waals surface area contributed by atoms with Gasteiger partial charge in [-0.15, -0.1) is 0 Å². The van der Waals surface area contributed by atoms with Gasteiger partial charge in [-0.3, -0.25) is 4.79 Å². The van der Waals surface area contributed by atoms with Crippen molar-refractivity contribution in [3.63, 3.8) is 0 Å². The second-order valence-corrected chi connectivity index (χ2v) is 6.73. The summed E-state index contributed by atoms with van der Waals surface area (Å²) in [5.74, 6) is 1.27. The molecule has 1 aliphatic rings. The fourth-order valence-corrected chi connectivity index (χ4v) is 3.50. The van der Waals surface area contributed by atoms with Gasteiger partial charge in [0.15, 0.2) is 5.17 Å². The number of hydrogen-bond acceptors (Lipinski definition) is 5. The van der Waals surface area contributed by atoms with Crippen molar-refractivity contribution in [3.8, 4) is 5.75 Å². The van der Waals surface area contributed by atoms with Crippen LogP contribution in [0.15, 0.2) is 58.4 Å². The van der Waals surface area contributed by atoms with E-state index in [2.05, 4.69) is 15.3 Å². The van der Waals surface area contributed by atoms with Gasteiger partial charge in [-0.05, 0) is 36.0 Å². The summed E-state index contributed by atoms with van der Waals surface area (Å²) < 4.78 is 7.16. The number of aliphatic imine (C=N–C) groups is 1. The predicted molar refractivity (Wildman–Crippen MR) is 105 cm³/mol. The number of para-hydroxylation sites is 2. The first kappa shape index (κ1) is 16.4. The summed E-state index contributed by atoms with van der Waals surface area (Å²) in [6.07, 6.45) is 1.79. The first-order valence-electron chi connectivity index (χ1n) is 7.99. The minimum Gasteiger partial charge on any atom is -0.497 e. The van der Waals surface area contributed by atoms with Crippen molar-refractivity contribution in [1.82, 2.24) is 14.9 Å². The highest BCUT2D eigenvalue weighted by Gasteiger charge is 2.24. The second kappa shape index (κ2) is 6.68. The van der Waals surface area contributed by atoms with E-state index in [1.54, 1.807) is 13.2 Å². The van der Waals surface area contributed by atoms with E-state index < -0.39 is 0 Å². The molecular formula is C19H16N4O2S. The van der Waals surface area contributed by atoms with Crippen LogP contribution in [0.1, 0.15) is 5.82 Å². The predicted octanol–water partition coefficient (Wildman–Crippen LogP) is 3.47.